The number of rotatable bonds is 3. The summed E-state index contributed by atoms with van der Waals surface area (Å²) in [7, 11) is 0. The number of benzene rings is 1. The zero-order valence-electron chi connectivity index (χ0n) is 10.1. The van der Waals surface area contributed by atoms with Crippen LogP contribution < -0.4 is 0 Å². The molecule has 0 spiro atoms. The molecule has 0 atom stereocenters. The summed E-state index contributed by atoms with van der Waals surface area (Å²) in [4.78, 5) is 0. The normalized spacial score (nSPS) is 11.6. The van der Waals surface area contributed by atoms with Crippen molar-refractivity contribution in [1.29, 1.82) is 0 Å². The number of aryl methyl sites for hydroxylation is 1. The van der Waals surface area contributed by atoms with Crippen LogP contribution in [0, 0.1) is 0 Å². The van der Waals surface area contributed by atoms with E-state index in [0.29, 0.717) is 6.04 Å². The molecule has 0 amide bonds. The van der Waals surface area contributed by atoms with Crippen molar-refractivity contribution < 1.29 is 5.11 Å². The van der Waals surface area contributed by atoms with Crippen molar-refractivity contribution in [1.82, 2.24) is 9.78 Å². The zero-order valence-corrected chi connectivity index (χ0v) is 10.1. The topological polar surface area (TPSA) is 38.0 Å². The third kappa shape index (κ3) is 1.71. The van der Waals surface area contributed by atoms with Gasteiger partial charge in [0.05, 0.1) is 17.8 Å². The van der Waals surface area contributed by atoms with E-state index in [1.807, 2.05) is 18.2 Å². The van der Waals surface area contributed by atoms with Gasteiger partial charge in [-0.3, -0.25) is 4.68 Å². The first kappa shape index (κ1) is 11.1. The van der Waals surface area contributed by atoms with Gasteiger partial charge in [0.25, 0.3) is 0 Å². The summed E-state index contributed by atoms with van der Waals surface area (Å²) in [6.45, 7) is 6.46. The summed E-state index contributed by atoms with van der Waals surface area (Å²) in [6, 6.07) is 6.41. The summed E-state index contributed by atoms with van der Waals surface area (Å²) in [5.74, 6) is 0. The summed E-state index contributed by atoms with van der Waals surface area (Å²) < 4.78 is 2.05. The van der Waals surface area contributed by atoms with E-state index in [0.717, 1.165) is 23.2 Å². The van der Waals surface area contributed by atoms with E-state index < -0.39 is 0 Å². The maximum absolute atomic E-state index is 9.15. The first-order valence-electron chi connectivity index (χ1n) is 5.78. The molecule has 0 bridgehead atoms. The second-order valence-corrected chi connectivity index (χ2v) is 4.35. The van der Waals surface area contributed by atoms with Gasteiger partial charge < -0.3 is 5.11 Å². The molecule has 1 N–H and O–H groups in total. The Labute approximate surface area is 95.7 Å². The van der Waals surface area contributed by atoms with Crippen molar-refractivity contribution in [3.63, 3.8) is 0 Å². The van der Waals surface area contributed by atoms with Crippen molar-refractivity contribution in [3.8, 4) is 0 Å². The average Bonchev–Trinajstić information content (AvgIpc) is 2.66. The van der Waals surface area contributed by atoms with Gasteiger partial charge in [-0.25, -0.2) is 0 Å². The van der Waals surface area contributed by atoms with E-state index in [1.165, 1.54) is 5.39 Å². The Morgan fingerprint density at radius 3 is 2.69 bits per heavy atom. The summed E-state index contributed by atoms with van der Waals surface area (Å²) >= 11 is 0. The van der Waals surface area contributed by atoms with Gasteiger partial charge in [0, 0.05) is 11.4 Å². The molecule has 86 valence electrons. The Hall–Kier alpha value is -1.35. The molecule has 1 aromatic carbocycles. The lowest BCUT2D eigenvalue weighted by Gasteiger charge is -2.06. The van der Waals surface area contributed by atoms with Gasteiger partial charge in [-0.1, -0.05) is 13.0 Å². The van der Waals surface area contributed by atoms with Gasteiger partial charge in [0.15, 0.2) is 0 Å². The molecule has 1 aromatic heterocycles. The zero-order chi connectivity index (χ0) is 11.7. The van der Waals surface area contributed by atoms with Crippen molar-refractivity contribution in [3.05, 3.63) is 29.5 Å². The molecule has 2 aromatic rings. The van der Waals surface area contributed by atoms with Crippen molar-refractivity contribution >= 4 is 10.9 Å². The first-order valence-corrected chi connectivity index (χ1v) is 5.78. The highest BCUT2D eigenvalue weighted by Crippen LogP contribution is 2.23. The molecular weight excluding hydrogens is 200 g/mol. The molecule has 3 nitrogen and oxygen atoms in total. The van der Waals surface area contributed by atoms with Gasteiger partial charge in [0.2, 0.25) is 0 Å². The number of hydrogen-bond acceptors (Lipinski definition) is 2. The van der Waals surface area contributed by atoms with E-state index in [2.05, 4.69) is 30.6 Å². The minimum Gasteiger partial charge on any atom is -0.392 e. The molecule has 1 heterocycles. The SMILES string of the molecule is CCc1nn(C(C)C)c2ccc(CO)cc12. The van der Waals surface area contributed by atoms with Crippen LogP contribution in [0.25, 0.3) is 10.9 Å². The van der Waals surface area contributed by atoms with Gasteiger partial charge in [-0.15, -0.1) is 0 Å². The smallest absolute Gasteiger partial charge is 0.0700 e. The molecule has 0 aliphatic carbocycles. The Balaban J connectivity index is 2.69. The molecule has 0 aliphatic heterocycles. The van der Waals surface area contributed by atoms with Crippen LogP contribution in [0.15, 0.2) is 18.2 Å². The minimum atomic E-state index is 0.0892. The average molecular weight is 218 g/mol. The van der Waals surface area contributed by atoms with Gasteiger partial charge >= 0.3 is 0 Å². The van der Waals surface area contributed by atoms with Crippen LogP contribution in [0.1, 0.15) is 38.1 Å². The lowest BCUT2D eigenvalue weighted by atomic mass is 10.1. The lowest BCUT2D eigenvalue weighted by Crippen LogP contribution is -2.02. The molecule has 0 saturated carbocycles. The van der Waals surface area contributed by atoms with E-state index >= 15 is 0 Å². The molecule has 16 heavy (non-hydrogen) atoms. The molecule has 2 rings (SSSR count). The highest BCUT2D eigenvalue weighted by molar-refractivity contribution is 5.82. The number of aromatic nitrogens is 2. The van der Waals surface area contributed by atoms with Crippen LogP contribution in [0.2, 0.25) is 0 Å². The second-order valence-electron chi connectivity index (χ2n) is 4.35. The lowest BCUT2D eigenvalue weighted by molar-refractivity contribution is 0.282. The Morgan fingerprint density at radius 2 is 2.12 bits per heavy atom. The molecule has 0 unspecified atom stereocenters. The highest BCUT2D eigenvalue weighted by atomic mass is 16.3. The van der Waals surface area contributed by atoms with E-state index in [4.69, 9.17) is 5.11 Å². The fraction of sp³-hybridized carbons (Fsp3) is 0.462. The molecule has 0 saturated heterocycles. The van der Waals surface area contributed by atoms with E-state index in [9.17, 15) is 0 Å². The molecular formula is C13H18N2O. The van der Waals surface area contributed by atoms with Crippen molar-refractivity contribution in [2.24, 2.45) is 0 Å². The molecule has 0 aliphatic rings. The predicted octanol–water partition coefficient (Wildman–Crippen LogP) is 2.67. The van der Waals surface area contributed by atoms with Crippen LogP contribution in [-0.2, 0) is 13.0 Å². The first-order chi connectivity index (χ1) is 7.67. The molecule has 3 heteroatoms. The van der Waals surface area contributed by atoms with Crippen LogP contribution in [0.5, 0.6) is 0 Å². The van der Waals surface area contributed by atoms with Gasteiger partial charge in [-0.05, 0) is 38.0 Å². The van der Waals surface area contributed by atoms with Gasteiger partial charge in [0.1, 0.15) is 0 Å². The maximum Gasteiger partial charge on any atom is 0.0700 e. The number of nitrogens with zero attached hydrogens (tertiary/aromatic N) is 2. The van der Waals surface area contributed by atoms with Crippen LogP contribution >= 0.6 is 0 Å². The second kappa shape index (κ2) is 4.26. The van der Waals surface area contributed by atoms with Crippen molar-refractivity contribution in [2.45, 2.75) is 39.8 Å². The Bertz CT molecular complexity index is 500. The monoisotopic (exact) mass is 218 g/mol. The predicted molar refractivity (Wildman–Crippen MR) is 65.4 cm³/mol. The fourth-order valence-corrected chi connectivity index (χ4v) is 2.01. The third-order valence-electron chi connectivity index (χ3n) is 2.85. The summed E-state index contributed by atoms with van der Waals surface area (Å²) in [5.41, 5.74) is 3.22. The maximum atomic E-state index is 9.15. The third-order valence-corrected chi connectivity index (χ3v) is 2.85. The summed E-state index contributed by atoms with van der Waals surface area (Å²) in [6.07, 6.45) is 0.922. The van der Waals surface area contributed by atoms with Crippen molar-refractivity contribution in [2.75, 3.05) is 0 Å². The standard InChI is InChI=1S/C13H18N2O/c1-4-12-11-7-10(8-16)5-6-13(11)15(14-12)9(2)3/h5-7,9,16H,4,8H2,1-3H3. The Kier molecular flexibility index (Phi) is 2.97. The van der Waals surface area contributed by atoms with Crippen LogP contribution in [0.3, 0.4) is 0 Å². The van der Waals surface area contributed by atoms with Gasteiger partial charge in [-0.2, -0.15) is 5.10 Å². The minimum absolute atomic E-state index is 0.0892. The largest absolute Gasteiger partial charge is 0.392 e. The number of fused-ring (bicyclic) bond motifs is 1. The Morgan fingerprint density at radius 1 is 1.38 bits per heavy atom. The fourth-order valence-electron chi connectivity index (χ4n) is 2.01. The van der Waals surface area contributed by atoms with Crippen LogP contribution in [0.4, 0.5) is 0 Å². The quantitative estimate of drug-likeness (QED) is 0.860. The van der Waals surface area contributed by atoms with E-state index in [1.54, 1.807) is 0 Å². The molecule has 0 radical (unpaired) electrons. The number of aliphatic hydroxyl groups excluding tert-OH is 1. The highest BCUT2D eigenvalue weighted by Gasteiger charge is 2.11. The molecule has 0 fully saturated rings. The number of hydrogen-bond donors (Lipinski definition) is 1. The van der Waals surface area contributed by atoms with E-state index in [-0.39, 0.29) is 6.61 Å². The number of aliphatic hydroxyl groups is 1. The van der Waals surface area contributed by atoms with Crippen LogP contribution in [-0.4, -0.2) is 14.9 Å². The summed E-state index contributed by atoms with van der Waals surface area (Å²) in [5, 5.41) is 14.9.